The highest BCUT2D eigenvalue weighted by atomic mass is 31.1. The normalized spacial score (nSPS) is 11.6. The van der Waals surface area contributed by atoms with Gasteiger partial charge in [0, 0.05) is 17.1 Å². The summed E-state index contributed by atoms with van der Waals surface area (Å²) in [6, 6.07) is 6.27. The van der Waals surface area contributed by atoms with Gasteiger partial charge in [0.2, 0.25) is 0 Å². The van der Waals surface area contributed by atoms with Crippen LogP contribution in [-0.4, -0.2) is 28.7 Å². The van der Waals surface area contributed by atoms with Crippen LogP contribution < -0.4 is 0 Å². The van der Waals surface area contributed by atoms with E-state index in [2.05, 4.69) is 54.3 Å². The molecule has 6 nitrogen and oxygen atoms in total. The third kappa shape index (κ3) is 2.48. The first-order valence-electron chi connectivity index (χ1n) is 7.27. The molecule has 0 aliphatic carbocycles. The highest BCUT2D eigenvalue weighted by molar-refractivity contribution is 7.52. The molecule has 0 saturated heterocycles. The topological polar surface area (TPSA) is 53.5 Å². The minimum absolute atomic E-state index is 1.01. The zero-order valence-corrected chi connectivity index (χ0v) is 14.8. The average Bonchev–Trinajstić information content (AvgIpc) is 3.02. The van der Waals surface area contributed by atoms with Gasteiger partial charge in [-0.05, 0) is 59.7 Å². The van der Waals surface area contributed by atoms with Gasteiger partial charge in [-0.25, -0.2) is 13.4 Å². The van der Waals surface area contributed by atoms with Gasteiger partial charge in [-0.15, -0.1) is 0 Å². The molecule has 3 aromatic rings. The van der Waals surface area contributed by atoms with Gasteiger partial charge < -0.3 is 0 Å². The first-order valence-corrected chi connectivity index (χ1v) is 8.47. The fourth-order valence-electron chi connectivity index (χ4n) is 2.64. The quantitative estimate of drug-likeness (QED) is 0.697. The molecule has 116 valence electrons. The standard InChI is InChI=1S/C15H21N6P/c1-10-7-13(4)19(16-10)22(20-14(5)8-11(2)17-20)21-15(6)9-12(3)18-21/h7-9H,1-6H3. The van der Waals surface area contributed by atoms with Crippen LogP contribution in [0.15, 0.2) is 18.2 Å². The maximum atomic E-state index is 4.69. The molecule has 0 bridgehead atoms. The summed E-state index contributed by atoms with van der Waals surface area (Å²) in [4.78, 5) is 0. The lowest BCUT2D eigenvalue weighted by Gasteiger charge is -2.21. The highest BCUT2D eigenvalue weighted by Gasteiger charge is 2.25. The lowest BCUT2D eigenvalue weighted by atomic mass is 10.4. The first kappa shape index (κ1) is 15.0. The fraction of sp³-hybridized carbons (Fsp3) is 0.400. The largest absolute Gasteiger partial charge is 0.272 e. The first-order chi connectivity index (χ1) is 10.4. The summed E-state index contributed by atoms with van der Waals surface area (Å²) in [5.74, 6) is 0. The predicted octanol–water partition coefficient (Wildman–Crippen LogP) is 3.30. The Morgan fingerprint density at radius 2 is 0.864 bits per heavy atom. The Bertz CT molecular complexity index is 715. The van der Waals surface area contributed by atoms with Gasteiger partial charge in [0.05, 0.1) is 17.1 Å². The molecular weight excluding hydrogens is 295 g/mol. The zero-order valence-electron chi connectivity index (χ0n) is 13.9. The molecule has 7 heteroatoms. The molecule has 0 saturated carbocycles. The molecule has 22 heavy (non-hydrogen) atoms. The summed E-state index contributed by atoms with van der Waals surface area (Å²) < 4.78 is 6.14. The van der Waals surface area contributed by atoms with Crippen molar-refractivity contribution in [2.75, 3.05) is 0 Å². The molecule has 3 heterocycles. The van der Waals surface area contributed by atoms with E-state index in [1.54, 1.807) is 0 Å². The number of rotatable bonds is 3. The van der Waals surface area contributed by atoms with Crippen molar-refractivity contribution in [3.63, 3.8) is 0 Å². The van der Waals surface area contributed by atoms with Gasteiger partial charge in [-0.2, -0.15) is 15.3 Å². The van der Waals surface area contributed by atoms with Crippen LogP contribution >= 0.6 is 8.37 Å². The van der Waals surface area contributed by atoms with Crippen LogP contribution in [0.3, 0.4) is 0 Å². The highest BCUT2D eigenvalue weighted by Crippen LogP contribution is 2.42. The van der Waals surface area contributed by atoms with E-state index in [0.717, 1.165) is 34.2 Å². The number of nitrogens with zero attached hydrogens (tertiary/aromatic N) is 6. The second-order valence-corrected chi connectivity index (χ2v) is 7.39. The van der Waals surface area contributed by atoms with Gasteiger partial charge in [-0.1, -0.05) is 0 Å². The van der Waals surface area contributed by atoms with Gasteiger partial charge >= 0.3 is 0 Å². The van der Waals surface area contributed by atoms with Gasteiger partial charge in [0.1, 0.15) is 0 Å². The van der Waals surface area contributed by atoms with Crippen LogP contribution in [0.25, 0.3) is 0 Å². The van der Waals surface area contributed by atoms with Gasteiger partial charge in [-0.3, -0.25) is 0 Å². The Kier molecular flexibility index (Phi) is 3.65. The number of hydrogen-bond acceptors (Lipinski definition) is 3. The third-order valence-corrected chi connectivity index (χ3v) is 5.70. The minimum Gasteiger partial charge on any atom is -0.207 e. The molecule has 0 N–H and O–H groups in total. The van der Waals surface area contributed by atoms with E-state index in [4.69, 9.17) is 0 Å². The summed E-state index contributed by atoms with van der Waals surface area (Å²) in [5, 5.41) is 14.1. The van der Waals surface area contributed by atoms with Gasteiger partial charge in [0.15, 0.2) is 0 Å². The van der Waals surface area contributed by atoms with E-state index < -0.39 is 8.37 Å². The molecule has 0 amide bonds. The van der Waals surface area contributed by atoms with E-state index in [0.29, 0.717) is 0 Å². The van der Waals surface area contributed by atoms with Crippen molar-refractivity contribution in [3.8, 4) is 0 Å². The van der Waals surface area contributed by atoms with E-state index in [-0.39, 0.29) is 0 Å². The Morgan fingerprint density at radius 3 is 1.05 bits per heavy atom. The third-order valence-electron chi connectivity index (χ3n) is 3.47. The molecule has 0 radical (unpaired) electrons. The SMILES string of the molecule is Cc1cc(C)n(P(n2nc(C)cc2C)n2nc(C)cc2C)n1. The Labute approximate surface area is 131 Å². The smallest absolute Gasteiger partial charge is 0.207 e. The molecule has 3 aromatic heterocycles. The zero-order chi connectivity index (χ0) is 16.0. The lowest BCUT2D eigenvalue weighted by molar-refractivity contribution is 0.790. The van der Waals surface area contributed by atoms with Crippen LogP contribution in [0.4, 0.5) is 0 Å². The van der Waals surface area contributed by atoms with Crippen molar-refractivity contribution in [1.82, 2.24) is 28.7 Å². The van der Waals surface area contributed by atoms with Gasteiger partial charge in [0.25, 0.3) is 8.37 Å². The van der Waals surface area contributed by atoms with Crippen molar-refractivity contribution >= 4 is 8.37 Å². The molecule has 0 aliphatic heterocycles. The number of aromatic nitrogens is 6. The van der Waals surface area contributed by atoms with Crippen LogP contribution in [-0.2, 0) is 0 Å². The molecule has 0 aliphatic rings. The fourth-order valence-corrected chi connectivity index (χ4v) is 4.80. The summed E-state index contributed by atoms with van der Waals surface area (Å²) >= 11 is 0. The Morgan fingerprint density at radius 1 is 0.591 bits per heavy atom. The molecular formula is C15H21N6P. The van der Waals surface area contributed by atoms with E-state index in [9.17, 15) is 0 Å². The lowest BCUT2D eigenvalue weighted by Crippen LogP contribution is -2.15. The van der Waals surface area contributed by atoms with Crippen molar-refractivity contribution < 1.29 is 0 Å². The van der Waals surface area contributed by atoms with Crippen LogP contribution in [0.5, 0.6) is 0 Å². The maximum absolute atomic E-state index is 4.69. The molecule has 0 unspecified atom stereocenters. The Hall–Kier alpha value is -1.94. The average molecular weight is 316 g/mol. The second-order valence-electron chi connectivity index (χ2n) is 5.72. The molecule has 0 aromatic carbocycles. The minimum atomic E-state index is -1.03. The predicted molar refractivity (Wildman–Crippen MR) is 88.2 cm³/mol. The van der Waals surface area contributed by atoms with Crippen LogP contribution in [0.2, 0.25) is 0 Å². The van der Waals surface area contributed by atoms with E-state index >= 15 is 0 Å². The maximum Gasteiger partial charge on any atom is 0.272 e. The van der Waals surface area contributed by atoms with Crippen LogP contribution in [0.1, 0.15) is 34.2 Å². The number of aryl methyl sites for hydroxylation is 6. The number of hydrogen-bond donors (Lipinski definition) is 0. The molecule has 0 fully saturated rings. The second kappa shape index (κ2) is 5.36. The summed E-state index contributed by atoms with van der Waals surface area (Å²) in [6.45, 7) is 12.3. The summed E-state index contributed by atoms with van der Waals surface area (Å²) in [6.07, 6.45) is 0. The molecule has 3 rings (SSSR count). The summed E-state index contributed by atoms with van der Waals surface area (Å²) in [7, 11) is -1.03. The van der Waals surface area contributed by atoms with Crippen molar-refractivity contribution in [1.29, 1.82) is 0 Å². The van der Waals surface area contributed by atoms with E-state index in [1.165, 1.54) is 0 Å². The monoisotopic (exact) mass is 316 g/mol. The molecule has 0 spiro atoms. The van der Waals surface area contributed by atoms with Crippen molar-refractivity contribution in [2.45, 2.75) is 41.5 Å². The van der Waals surface area contributed by atoms with Crippen molar-refractivity contribution in [3.05, 3.63) is 52.4 Å². The Balaban J connectivity index is 2.25. The summed E-state index contributed by atoms with van der Waals surface area (Å²) in [5.41, 5.74) is 6.37. The van der Waals surface area contributed by atoms with Crippen molar-refractivity contribution in [2.24, 2.45) is 0 Å². The van der Waals surface area contributed by atoms with E-state index in [1.807, 2.05) is 34.1 Å². The van der Waals surface area contributed by atoms with Crippen LogP contribution in [0, 0.1) is 41.5 Å². The molecule has 0 atom stereocenters.